The van der Waals surface area contributed by atoms with E-state index in [0.29, 0.717) is 0 Å². The molecule has 0 saturated carbocycles. The number of Topliss-reactive ketones (excluding diaryl/α,β-unsaturated/α-hetero) is 1. The molecular weight excluding hydrogens is 232 g/mol. The fourth-order valence-electron chi connectivity index (χ4n) is 2.28. The van der Waals surface area contributed by atoms with Crippen molar-refractivity contribution in [3.8, 4) is 11.1 Å². The van der Waals surface area contributed by atoms with E-state index in [4.69, 9.17) is 0 Å². The van der Waals surface area contributed by atoms with Crippen LogP contribution in [0.3, 0.4) is 0 Å². The molecule has 0 radical (unpaired) electrons. The summed E-state index contributed by atoms with van der Waals surface area (Å²) in [5, 5.41) is 0. The number of hydrogen-bond donors (Lipinski definition) is 0. The maximum Gasteiger partial charge on any atom is 0.165 e. The molecule has 0 spiro atoms. The summed E-state index contributed by atoms with van der Waals surface area (Å²) in [5.74, 6) is 0.336. The average Bonchev–Trinajstić information content (AvgIpc) is 2.47. The van der Waals surface area contributed by atoms with Crippen molar-refractivity contribution in [1.82, 2.24) is 0 Å². The largest absolute Gasteiger partial charge is 0.294 e. The maximum atomic E-state index is 12.4. The predicted octanol–water partition coefficient (Wildman–Crippen LogP) is 4.89. The lowest BCUT2D eigenvalue weighted by Crippen LogP contribution is -2.12. The summed E-state index contributed by atoms with van der Waals surface area (Å²) in [6.45, 7) is 6.09. The van der Waals surface area contributed by atoms with Crippen LogP contribution in [-0.2, 0) is 0 Å². The lowest BCUT2D eigenvalue weighted by molar-refractivity contribution is 0.0926. The highest BCUT2D eigenvalue weighted by atomic mass is 16.1. The Bertz CT molecular complexity index is 569. The Morgan fingerprint density at radius 3 is 2.37 bits per heavy atom. The number of ketones is 1. The topological polar surface area (TPSA) is 17.1 Å². The zero-order valence-electron chi connectivity index (χ0n) is 11.8. The molecule has 1 atom stereocenters. The standard InChI is InChI=1S/C18H20O/c1-4-13(2)18(19)17-12-8-11-16(14(17)3)15-9-6-5-7-10-15/h5-13H,4H2,1-3H3. The molecule has 0 amide bonds. The molecule has 0 N–H and O–H groups in total. The van der Waals surface area contributed by atoms with Crippen LogP contribution in [0.4, 0.5) is 0 Å². The first-order valence-electron chi connectivity index (χ1n) is 6.84. The molecule has 1 unspecified atom stereocenters. The molecule has 19 heavy (non-hydrogen) atoms. The van der Waals surface area contributed by atoms with Crippen molar-refractivity contribution in [2.75, 3.05) is 0 Å². The number of benzene rings is 2. The third-order valence-electron chi connectivity index (χ3n) is 3.74. The van der Waals surface area contributed by atoms with Gasteiger partial charge in [0, 0.05) is 11.5 Å². The third kappa shape index (κ3) is 2.76. The second kappa shape index (κ2) is 5.83. The van der Waals surface area contributed by atoms with E-state index in [1.807, 2.05) is 44.2 Å². The molecule has 2 aromatic rings. The number of carbonyl (C=O) groups excluding carboxylic acids is 1. The molecular formula is C18H20O. The minimum Gasteiger partial charge on any atom is -0.294 e. The molecule has 0 aliphatic rings. The van der Waals surface area contributed by atoms with Gasteiger partial charge in [0.2, 0.25) is 0 Å². The van der Waals surface area contributed by atoms with E-state index in [1.165, 1.54) is 5.56 Å². The highest BCUT2D eigenvalue weighted by Gasteiger charge is 2.17. The predicted molar refractivity (Wildman–Crippen MR) is 80.4 cm³/mol. The molecule has 0 aliphatic heterocycles. The SMILES string of the molecule is CCC(C)C(=O)c1cccc(-c2ccccc2)c1C. The van der Waals surface area contributed by atoms with Crippen LogP contribution < -0.4 is 0 Å². The highest BCUT2D eigenvalue weighted by molar-refractivity contribution is 6.00. The second-order valence-electron chi connectivity index (χ2n) is 5.02. The minimum atomic E-state index is 0.0877. The average molecular weight is 252 g/mol. The summed E-state index contributed by atoms with van der Waals surface area (Å²) < 4.78 is 0. The van der Waals surface area contributed by atoms with Crippen molar-refractivity contribution in [2.24, 2.45) is 5.92 Å². The quantitative estimate of drug-likeness (QED) is 0.708. The van der Waals surface area contributed by atoms with Crippen molar-refractivity contribution in [2.45, 2.75) is 27.2 Å². The van der Waals surface area contributed by atoms with E-state index in [0.717, 1.165) is 23.1 Å². The van der Waals surface area contributed by atoms with Crippen LogP contribution in [0.25, 0.3) is 11.1 Å². The van der Waals surface area contributed by atoms with Crippen LogP contribution in [0.5, 0.6) is 0 Å². The van der Waals surface area contributed by atoms with Crippen molar-refractivity contribution in [1.29, 1.82) is 0 Å². The van der Waals surface area contributed by atoms with Crippen molar-refractivity contribution >= 4 is 5.78 Å². The van der Waals surface area contributed by atoms with Gasteiger partial charge in [-0.15, -0.1) is 0 Å². The van der Waals surface area contributed by atoms with Crippen LogP contribution in [-0.4, -0.2) is 5.78 Å². The fourth-order valence-corrected chi connectivity index (χ4v) is 2.28. The van der Waals surface area contributed by atoms with Gasteiger partial charge in [0.1, 0.15) is 0 Å². The van der Waals surface area contributed by atoms with E-state index in [-0.39, 0.29) is 11.7 Å². The molecule has 0 saturated heterocycles. The summed E-state index contributed by atoms with van der Waals surface area (Å²) in [4.78, 5) is 12.4. The Balaban J connectivity index is 2.47. The Morgan fingerprint density at radius 1 is 1.05 bits per heavy atom. The van der Waals surface area contributed by atoms with E-state index in [2.05, 4.69) is 25.1 Å². The first-order valence-corrected chi connectivity index (χ1v) is 6.84. The Hall–Kier alpha value is -1.89. The Morgan fingerprint density at radius 2 is 1.74 bits per heavy atom. The second-order valence-corrected chi connectivity index (χ2v) is 5.02. The zero-order valence-corrected chi connectivity index (χ0v) is 11.8. The van der Waals surface area contributed by atoms with Crippen LogP contribution in [0, 0.1) is 12.8 Å². The molecule has 0 bridgehead atoms. The van der Waals surface area contributed by atoms with Crippen LogP contribution >= 0.6 is 0 Å². The molecule has 1 heteroatoms. The number of rotatable bonds is 4. The molecule has 0 heterocycles. The van der Waals surface area contributed by atoms with E-state index >= 15 is 0 Å². The van der Waals surface area contributed by atoms with Crippen LogP contribution in [0.1, 0.15) is 36.2 Å². The molecule has 2 rings (SSSR count). The van der Waals surface area contributed by atoms with Gasteiger partial charge in [-0.05, 0) is 30.0 Å². The highest BCUT2D eigenvalue weighted by Crippen LogP contribution is 2.27. The smallest absolute Gasteiger partial charge is 0.165 e. The fraction of sp³-hybridized carbons (Fsp3) is 0.278. The first-order chi connectivity index (χ1) is 9.15. The van der Waals surface area contributed by atoms with Gasteiger partial charge in [-0.3, -0.25) is 4.79 Å². The minimum absolute atomic E-state index is 0.0877. The summed E-state index contributed by atoms with van der Waals surface area (Å²) in [6.07, 6.45) is 0.883. The van der Waals surface area contributed by atoms with Crippen LogP contribution in [0.15, 0.2) is 48.5 Å². The summed E-state index contributed by atoms with van der Waals surface area (Å²) in [6, 6.07) is 16.2. The van der Waals surface area contributed by atoms with Crippen molar-refractivity contribution in [3.05, 3.63) is 59.7 Å². The molecule has 1 nitrogen and oxygen atoms in total. The normalized spacial score (nSPS) is 12.2. The summed E-state index contributed by atoms with van der Waals surface area (Å²) in [5.41, 5.74) is 4.25. The van der Waals surface area contributed by atoms with Crippen molar-refractivity contribution in [3.63, 3.8) is 0 Å². The zero-order chi connectivity index (χ0) is 13.8. The first kappa shape index (κ1) is 13.5. The number of carbonyl (C=O) groups is 1. The van der Waals surface area contributed by atoms with Gasteiger partial charge in [0.05, 0.1) is 0 Å². The van der Waals surface area contributed by atoms with Gasteiger partial charge in [-0.2, -0.15) is 0 Å². The lowest BCUT2D eigenvalue weighted by Gasteiger charge is -2.13. The van der Waals surface area contributed by atoms with E-state index in [1.54, 1.807) is 0 Å². The molecule has 0 aliphatic carbocycles. The maximum absolute atomic E-state index is 12.4. The number of hydrogen-bond acceptors (Lipinski definition) is 1. The molecule has 0 fully saturated rings. The molecule has 0 aromatic heterocycles. The van der Waals surface area contributed by atoms with Gasteiger partial charge in [0.15, 0.2) is 5.78 Å². The van der Waals surface area contributed by atoms with Gasteiger partial charge in [-0.25, -0.2) is 0 Å². The molecule has 98 valence electrons. The summed E-state index contributed by atoms with van der Waals surface area (Å²) in [7, 11) is 0. The summed E-state index contributed by atoms with van der Waals surface area (Å²) >= 11 is 0. The van der Waals surface area contributed by atoms with E-state index in [9.17, 15) is 4.79 Å². The Labute approximate surface area is 115 Å². The van der Waals surface area contributed by atoms with Gasteiger partial charge in [0.25, 0.3) is 0 Å². The van der Waals surface area contributed by atoms with E-state index < -0.39 is 0 Å². The lowest BCUT2D eigenvalue weighted by atomic mass is 9.90. The van der Waals surface area contributed by atoms with Crippen molar-refractivity contribution < 1.29 is 4.79 Å². The third-order valence-corrected chi connectivity index (χ3v) is 3.74. The van der Waals surface area contributed by atoms with Gasteiger partial charge < -0.3 is 0 Å². The van der Waals surface area contributed by atoms with Crippen LogP contribution in [0.2, 0.25) is 0 Å². The monoisotopic (exact) mass is 252 g/mol. The molecule has 2 aromatic carbocycles. The van der Waals surface area contributed by atoms with Gasteiger partial charge in [-0.1, -0.05) is 62.4 Å². The Kier molecular flexibility index (Phi) is 4.16. The van der Waals surface area contributed by atoms with Gasteiger partial charge >= 0.3 is 0 Å².